The van der Waals surface area contributed by atoms with Crippen LogP contribution in [0.2, 0.25) is 0 Å². The van der Waals surface area contributed by atoms with Crippen LogP contribution in [0.5, 0.6) is 5.75 Å². The van der Waals surface area contributed by atoms with Gasteiger partial charge in [0.1, 0.15) is 17.4 Å². The van der Waals surface area contributed by atoms with Crippen molar-refractivity contribution in [1.29, 1.82) is 0 Å². The number of carbonyl (C=O) groups excluding carboxylic acids is 1. The second-order valence-corrected chi connectivity index (χ2v) is 11.7. The second-order valence-electron chi connectivity index (χ2n) is 8.56. The lowest BCUT2D eigenvalue weighted by Crippen LogP contribution is -2.14. The smallest absolute Gasteiger partial charge is 0.259 e. The van der Waals surface area contributed by atoms with E-state index in [2.05, 4.69) is 43.8 Å². The van der Waals surface area contributed by atoms with E-state index < -0.39 is 0 Å². The zero-order chi connectivity index (χ0) is 24.9. The summed E-state index contributed by atoms with van der Waals surface area (Å²) in [4.78, 5) is 19.4. The number of carbonyl (C=O) groups is 1. The number of thiophene rings is 1. The van der Waals surface area contributed by atoms with Gasteiger partial charge in [0.25, 0.3) is 5.91 Å². The number of aliphatic imine (C=N–C) groups is 1. The molecule has 3 aromatic carbocycles. The van der Waals surface area contributed by atoms with Gasteiger partial charge in [0.2, 0.25) is 0 Å². The highest BCUT2D eigenvalue weighted by molar-refractivity contribution is 14.1. The molecule has 1 aliphatic carbocycles. The predicted octanol–water partition coefficient (Wildman–Crippen LogP) is 8.58. The molecular weight excluding hydrogens is 647 g/mol. The number of amides is 1. The maximum absolute atomic E-state index is 13.3. The van der Waals surface area contributed by atoms with E-state index in [1.165, 1.54) is 4.88 Å². The van der Waals surface area contributed by atoms with Gasteiger partial charge in [-0.05, 0) is 105 Å². The van der Waals surface area contributed by atoms with Crippen molar-refractivity contribution in [3.8, 4) is 5.75 Å². The Labute approximate surface area is 237 Å². The maximum atomic E-state index is 13.3. The van der Waals surface area contributed by atoms with Crippen molar-refractivity contribution in [2.24, 2.45) is 4.99 Å². The molecule has 1 amide bonds. The van der Waals surface area contributed by atoms with Crippen molar-refractivity contribution in [3.05, 3.63) is 108 Å². The Hall–Kier alpha value is -2.49. The number of rotatable bonds is 7. The quantitative estimate of drug-likeness (QED) is 0.158. The van der Waals surface area contributed by atoms with Crippen molar-refractivity contribution in [2.75, 3.05) is 5.32 Å². The highest BCUT2D eigenvalue weighted by Crippen LogP contribution is 2.40. The molecule has 5 rings (SSSR count). The second kappa shape index (κ2) is 11.7. The van der Waals surface area contributed by atoms with Gasteiger partial charge in [-0.3, -0.25) is 4.79 Å². The third-order valence-electron chi connectivity index (χ3n) is 5.99. The first-order chi connectivity index (χ1) is 17.6. The van der Waals surface area contributed by atoms with Gasteiger partial charge in [0, 0.05) is 16.8 Å². The van der Waals surface area contributed by atoms with Crippen molar-refractivity contribution in [1.82, 2.24) is 0 Å². The van der Waals surface area contributed by atoms with E-state index in [-0.39, 0.29) is 5.91 Å². The Morgan fingerprint density at radius 3 is 2.53 bits per heavy atom. The van der Waals surface area contributed by atoms with Gasteiger partial charge in [-0.15, -0.1) is 11.3 Å². The highest BCUT2D eigenvalue weighted by atomic mass is 127. The molecule has 1 heterocycles. The molecule has 0 saturated heterocycles. The van der Waals surface area contributed by atoms with Crippen LogP contribution in [-0.2, 0) is 19.4 Å². The van der Waals surface area contributed by atoms with Crippen LogP contribution in [0.1, 0.15) is 44.8 Å². The van der Waals surface area contributed by atoms with Crippen LogP contribution in [0.3, 0.4) is 0 Å². The van der Waals surface area contributed by atoms with E-state index in [0.29, 0.717) is 12.2 Å². The van der Waals surface area contributed by atoms with Crippen molar-refractivity contribution in [3.63, 3.8) is 0 Å². The number of fused-ring (bicyclic) bond motifs is 1. The molecule has 0 radical (unpaired) electrons. The number of hydrogen-bond acceptors (Lipinski definition) is 4. The summed E-state index contributed by atoms with van der Waals surface area (Å²) in [7, 11) is 0. The Morgan fingerprint density at radius 1 is 1.06 bits per heavy atom. The van der Waals surface area contributed by atoms with Crippen LogP contribution in [0.4, 0.5) is 10.7 Å². The van der Waals surface area contributed by atoms with Crippen molar-refractivity contribution >= 4 is 72.7 Å². The molecule has 7 heteroatoms. The molecule has 36 heavy (non-hydrogen) atoms. The molecule has 1 aromatic heterocycles. The lowest BCUT2D eigenvalue weighted by Gasteiger charge is -2.13. The number of hydrogen-bond donors (Lipinski definition) is 1. The van der Waals surface area contributed by atoms with E-state index in [1.807, 2.05) is 79.0 Å². The summed E-state index contributed by atoms with van der Waals surface area (Å²) in [6, 6.07) is 23.8. The average molecular weight is 671 g/mol. The third kappa shape index (κ3) is 5.90. The number of nitrogens with zero attached hydrogens (tertiary/aromatic N) is 1. The highest BCUT2D eigenvalue weighted by Gasteiger charge is 2.25. The largest absolute Gasteiger partial charge is 0.487 e. The van der Waals surface area contributed by atoms with Crippen LogP contribution in [0.15, 0.2) is 82.3 Å². The molecule has 182 valence electrons. The molecule has 1 aliphatic rings. The number of benzene rings is 3. The number of anilines is 1. The fraction of sp³-hybridized carbons (Fsp3) is 0.172. The molecule has 0 aliphatic heterocycles. The van der Waals surface area contributed by atoms with Gasteiger partial charge < -0.3 is 10.1 Å². The zero-order valence-electron chi connectivity index (χ0n) is 19.5. The minimum Gasteiger partial charge on any atom is -0.487 e. The van der Waals surface area contributed by atoms with Crippen LogP contribution >= 0.6 is 49.9 Å². The van der Waals surface area contributed by atoms with E-state index in [9.17, 15) is 4.79 Å². The molecule has 0 fully saturated rings. The molecule has 0 bridgehead atoms. The normalized spacial score (nSPS) is 12.9. The molecule has 0 spiro atoms. The number of halogens is 2. The molecule has 0 unspecified atom stereocenters. The number of nitrogens with one attached hydrogen (secondary N) is 1. The predicted molar refractivity (Wildman–Crippen MR) is 160 cm³/mol. The molecular formula is C29H24BrIN2O2S. The van der Waals surface area contributed by atoms with Crippen LogP contribution in [0.25, 0.3) is 0 Å². The topological polar surface area (TPSA) is 50.7 Å². The van der Waals surface area contributed by atoms with E-state index >= 15 is 0 Å². The van der Waals surface area contributed by atoms with Crippen LogP contribution in [-0.4, -0.2) is 12.1 Å². The number of aryl methyl sites for hydroxylation is 1. The summed E-state index contributed by atoms with van der Waals surface area (Å²) in [5, 5.41) is 3.82. The molecule has 0 saturated carbocycles. The minimum absolute atomic E-state index is 0.0897. The summed E-state index contributed by atoms with van der Waals surface area (Å²) in [6.07, 6.45) is 6.04. The van der Waals surface area contributed by atoms with Crippen LogP contribution < -0.4 is 10.1 Å². The fourth-order valence-electron chi connectivity index (χ4n) is 4.25. The zero-order valence-corrected chi connectivity index (χ0v) is 24.0. The van der Waals surface area contributed by atoms with Gasteiger partial charge in [0.15, 0.2) is 0 Å². The van der Waals surface area contributed by atoms with E-state index in [4.69, 9.17) is 9.73 Å². The minimum atomic E-state index is -0.0897. The average Bonchev–Trinajstić information content (AvgIpc) is 3.27. The SMILES string of the molecule is O=C(Nc1ccccc1)c1c(N=Cc2cc(Br)c(OCc3ccccc3)c(I)c2)sc2c1CCCC2. The Kier molecular flexibility index (Phi) is 8.19. The summed E-state index contributed by atoms with van der Waals surface area (Å²) >= 11 is 7.60. The number of para-hydroxylation sites is 1. The molecule has 1 N–H and O–H groups in total. The summed E-state index contributed by atoms with van der Waals surface area (Å²) < 4.78 is 7.95. The Bertz CT molecular complexity index is 1380. The maximum Gasteiger partial charge on any atom is 0.259 e. The molecule has 4 aromatic rings. The summed E-state index contributed by atoms with van der Waals surface area (Å²) in [6.45, 7) is 0.503. The van der Waals surface area contributed by atoms with Gasteiger partial charge in [-0.25, -0.2) is 4.99 Å². The van der Waals surface area contributed by atoms with Crippen LogP contribution in [0, 0.1) is 3.57 Å². The monoisotopic (exact) mass is 670 g/mol. The van der Waals surface area contributed by atoms with Gasteiger partial charge in [0.05, 0.1) is 13.6 Å². The third-order valence-corrected chi connectivity index (χ3v) is 8.58. The van der Waals surface area contributed by atoms with Gasteiger partial charge in [-0.1, -0.05) is 48.5 Å². The molecule has 0 atom stereocenters. The van der Waals surface area contributed by atoms with Crippen molar-refractivity contribution < 1.29 is 9.53 Å². The lowest BCUT2D eigenvalue weighted by molar-refractivity contribution is 0.102. The Morgan fingerprint density at radius 2 is 1.78 bits per heavy atom. The van der Waals surface area contributed by atoms with Gasteiger partial charge in [-0.2, -0.15) is 0 Å². The first kappa shape index (κ1) is 25.2. The lowest BCUT2D eigenvalue weighted by atomic mass is 9.95. The fourth-order valence-corrected chi connectivity index (χ4v) is 7.25. The first-order valence-electron chi connectivity index (χ1n) is 11.8. The van der Waals surface area contributed by atoms with Crippen molar-refractivity contribution in [2.45, 2.75) is 32.3 Å². The summed E-state index contributed by atoms with van der Waals surface area (Å²) in [5.74, 6) is 0.722. The number of ether oxygens (including phenoxy) is 1. The van der Waals surface area contributed by atoms with Gasteiger partial charge >= 0.3 is 0 Å². The first-order valence-corrected chi connectivity index (χ1v) is 14.5. The standard InChI is InChI=1S/C29H24BrIN2O2S/c30-23-15-20(16-24(31)27(23)35-18-19-9-3-1-4-10-19)17-32-29-26(22-13-7-8-14-25(22)36-29)28(34)33-21-11-5-2-6-12-21/h1-6,9-12,15-17H,7-8,13-14,18H2,(H,33,34). The van der Waals surface area contributed by atoms with E-state index in [0.717, 1.165) is 66.9 Å². The molecule has 4 nitrogen and oxygen atoms in total. The van der Waals surface area contributed by atoms with E-state index in [1.54, 1.807) is 11.3 Å². The Balaban J connectivity index is 1.39. The summed E-state index contributed by atoms with van der Waals surface area (Å²) in [5.41, 5.74) is 4.73.